The quantitative estimate of drug-likeness (QED) is 0.526. The van der Waals surface area contributed by atoms with Gasteiger partial charge in [-0.15, -0.1) is 0 Å². The molecule has 0 radical (unpaired) electrons. The molecular weight excluding hydrogens is 322 g/mol. The molecule has 3 rings (SSSR count). The van der Waals surface area contributed by atoms with Crippen molar-refractivity contribution in [2.75, 3.05) is 0 Å². The van der Waals surface area contributed by atoms with E-state index in [4.69, 9.17) is 0 Å². The highest BCUT2D eigenvalue weighted by molar-refractivity contribution is 6.07. The molecule has 0 aromatic heterocycles. The maximum Gasteiger partial charge on any atom is 0.325 e. The number of carbonyl (C=O) groups excluding carboxylic acids is 2. The molecule has 1 aliphatic rings. The number of nitro benzene ring substituents is 1. The first-order valence-corrected chi connectivity index (χ1v) is 7.77. The lowest BCUT2D eigenvalue weighted by Crippen LogP contribution is -2.40. The molecule has 2 aromatic rings. The maximum absolute atomic E-state index is 12.9. The van der Waals surface area contributed by atoms with Crippen molar-refractivity contribution < 1.29 is 14.5 Å². The van der Waals surface area contributed by atoms with Crippen LogP contribution in [0, 0.1) is 17.0 Å². The minimum Gasteiger partial charge on any atom is -0.319 e. The van der Waals surface area contributed by atoms with Gasteiger partial charge in [0.1, 0.15) is 5.54 Å². The number of benzene rings is 2. The summed E-state index contributed by atoms with van der Waals surface area (Å²) in [5, 5.41) is 13.8. The Morgan fingerprint density at radius 1 is 1.12 bits per heavy atom. The zero-order chi connectivity index (χ0) is 18.2. The van der Waals surface area contributed by atoms with Crippen LogP contribution in [-0.2, 0) is 16.9 Å². The minimum atomic E-state index is -1.15. The van der Waals surface area contributed by atoms with Crippen LogP contribution in [0.2, 0.25) is 0 Å². The average molecular weight is 339 g/mol. The Bertz CT molecular complexity index is 866. The standard InChI is InChI=1S/C18H17N3O4/c1-12-13(7-6-10-15(12)21(24)25)11-20-16(22)18(2,19-17(20)23)14-8-4-3-5-9-14/h3-10H,11H2,1-2H3,(H,19,23). The molecule has 128 valence electrons. The molecule has 2 aromatic carbocycles. The van der Waals surface area contributed by atoms with E-state index in [0.29, 0.717) is 16.7 Å². The van der Waals surface area contributed by atoms with Crippen LogP contribution in [-0.4, -0.2) is 21.8 Å². The number of nitrogens with zero attached hydrogens (tertiary/aromatic N) is 2. The highest BCUT2D eigenvalue weighted by atomic mass is 16.6. The molecule has 1 aliphatic heterocycles. The van der Waals surface area contributed by atoms with E-state index in [1.54, 1.807) is 50.2 Å². The first-order chi connectivity index (χ1) is 11.8. The zero-order valence-electron chi connectivity index (χ0n) is 13.9. The van der Waals surface area contributed by atoms with E-state index in [-0.39, 0.29) is 18.1 Å². The molecule has 7 heteroatoms. The molecule has 1 unspecified atom stereocenters. The third kappa shape index (κ3) is 2.73. The summed E-state index contributed by atoms with van der Waals surface area (Å²) < 4.78 is 0. The Kier molecular flexibility index (Phi) is 4.00. The molecule has 25 heavy (non-hydrogen) atoms. The topological polar surface area (TPSA) is 92.6 Å². The molecule has 7 nitrogen and oxygen atoms in total. The third-order valence-corrected chi connectivity index (χ3v) is 4.57. The smallest absolute Gasteiger partial charge is 0.319 e. The lowest BCUT2D eigenvalue weighted by Gasteiger charge is -2.22. The number of rotatable bonds is 4. The van der Waals surface area contributed by atoms with Crippen molar-refractivity contribution in [2.24, 2.45) is 0 Å². The summed E-state index contributed by atoms with van der Waals surface area (Å²) in [6, 6.07) is 13.1. The Labute approximate surface area is 144 Å². The molecule has 0 spiro atoms. The highest BCUT2D eigenvalue weighted by Gasteiger charge is 2.48. The van der Waals surface area contributed by atoms with Crippen LogP contribution in [0.5, 0.6) is 0 Å². The Morgan fingerprint density at radius 2 is 1.80 bits per heavy atom. The van der Waals surface area contributed by atoms with Gasteiger partial charge in [-0.3, -0.25) is 19.8 Å². The van der Waals surface area contributed by atoms with E-state index in [1.165, 1.54) is 6.07 Å². The molecule has 0 saturated carbocycles. The van der Waals surface area contributed by atoms with Crippen molar-refractivity contribution in [1.82, 2.24) is 10.2 Å². The fourth-order valence-electron chi connectivity index (χ4n) is 3.02. The fraction of sp³-hybridized carbons (Fsp3) is 0.222. The van der Waals surface area contributed by atoms with Gasteiger partial charge < -0.3 is 5.32 Å². The predicted molar refractivity (Wildman–Crippen MR) is 90.7 cm³/mol. The molecular formula is C18H17N3O4. The number of hydrogen-bond donors (Lipinski definition) is 1. The summed E-state index contributed by atoms with van der Waals surface area (Å²) in [6.07, 6.45) is 0. The Morgan fingerprint density at radius 3 is 2.44 bits per heavy atom. The van der Waals surface area contributed by atoms with Crippen LogP contribution in [0.25, 0.3) is 0 Å². The van der Waals surface area contributed by atoms with Crippen molar-refractivity contribution in [1.29, 1.82) is 0 Å². The van der Waals surface area contributed by atoms with E-state index in [9.17, 15) is 19.7 Å². The number of nitro groups is 1. The molecule has 1 N–H and O–H groups in total. The molecule has 1 heterocycles. The lowest BCUT2D eigenvalue weighted by molar-refractivity contribution is -0.385. The zero-order valence-corrected chi connectivity index (χ0v) is 13.9. The summed E-state index contributed by atoms with van der Waals surface area (Å²) in [6.45, 7) is 3.26. The number of hydrogen-bond acceptors (Lipinski definition) is 4. The summed E-state index contributed by atoms with van der Waals surface area (Å²) in [5.41, 5.74) is 0.519. The molecule has 1 atom stereocenters. The molecule has 1 fully saturated rings. The lowest BCUT2D eigenvalue weighted by atomic mass is 9.92. The molecule has 0 aliphatic carbocycles. The van der Waals surface area contributed by atoms with Gasteiger partial charge in [0.15, 0.2) is 0 Å². The highest BCUT2D eigenvalue weighted by Crippen LogP contribution is 2.31. The van der Waals surface area contributed by atoms with E-state index in [0.717, 1.165) is 4.90 Å². The number of carbonyl (C=O) groups is 2. The van der Waals surface area contributed by atoms with Crippen LogP contribution < -0.4 is 5.32 Å². The van der Waals surface area contributed by atoms with Crippen LogP contribution in [0.3, 0.4) is 0 Å². The van der Waals surface area contributed by atoms with Gasteiger partial charge in [-0.05, 0) is 25.0 Å². The largest absolute Gasteiger partial charge is 0.325 e. The summed E-state index contributed by atoms with van der Waals surface area (Å²) in [4.78, 5) is 36.9. The van der Waals surface area contributed by atoms with Gasteiger partial charge in [-0.1, -0.05) is 42.5 Å². The van der Waals surface area contributed by atoms with E-state index in [2.05, 4.69) is 5.32 Å². The second-order valence-electron chi connectivity index (χ2n) is 6.13. The van der Waals surface area contributed by atoms with Gasteiger partial charge in [0, 0.05) is 11.6 Å². The van der Waals surface area contributed by atoms with E-state index < -0.39 is 16.5 Å². The summed E-state index contributed by atoms with van der Waals surface area (Å²) >= 11 is 0. The average Bonchev–Trinajstić information content (AvgIpc) is 2.81. The Hall–Kier alpha value is -3.22. The molecule has 0 bridgehead atoms. The first kappa shape index (κ1) is 16.6. The Balaban J connectivity index is 1.93. The van der Waals surface area contributed by atoms with Gasteiger partial charge in [0.2, 0.25) is 0 Å². The van der Waals surface area contributed by atoms with Gasteiger partial charge in [-0.2, -0.15) is 0 Å². The second-order valence-corrected chi connectivity index (χ2v) is 6.13. The minimum absolute atomic E-state index is 0.0133. The molecule has 3 amide bonds. The van der Waals surface area contributed by atoms with Crippen molar-refractivity contribution in [3.63, 3.8) is 0 Å². The van der Waals surface area contributed by atoms with Gasteiger partial charge >= 0.3 is 6.03 Å². The van der Waals surface area contributed by atoms with Crippen LogP contribution in [0.1, 0.15) is 23.6 Å². The normalized spacial score (nSPS) is 19.8. The van der Waals surface area contributed by atoms with Crippen molar-refractivity contribution in [2.45, 2.75) is 25.9 Å². The second kappa shape index (κ2) is 6.01. The maximum atomic E-state index is 12.9. The number of nitrogens with one attached hydrogen (secondary N) is 1. The summed E-state index contributed by atoms with van der Waals surface area (Å²) in [7, 11) is 0. The summed E-state index contributed by atoms with van der Waals surface area (Å²) in [5.74, 6) is -0.380. The first-order valence-electron chi connectivity index (χ1n) is 7.77. The number of amides is 3. The van der Waals surface area contributed by atoms with Crippen molar-refractivity contribution >= 4 is 17.6 Å². The van der Waals surface area contributed by atoms with Crippen LogP contribution in [0.4, 0.5) is 10.5 Å². The monoisotopic (exact) mass is 339 g/mol. The van der Waals surface area contributed by atoms with Crippen LogP contribution in [0.15, 0.2) is 48.5 Å². The van der Waals surface area contributed by atoms with Gasteiger partial charge in [-0.25, -0.2) is 4.79 Å². The van der Waals surface area contributed by atoms with Gasteiger partial charge in [0.05, 0.1) is 11.5 Å². The number of urea groups is 1. The number of imide groups is 1. The SMILES string of the molecule is Cc1c(CN2C(=O)NC(C)(c3ccccc3)C2=O)cccc1[N+](=O)[O-]. The third-order valence-electron chi connectivity index (χ3n) is 4.57. The van der Waals surface area contributed by atoms with E-state index >= 15 is 0 Å². The molecule has 1 saturated heterocycles. The predicted octanol–water partition coefficient (Wildman–Crippen LogP) is 2.87. The van der Waals surface area contributed by atoms with Crippen LogP contribution >= 0.6 is 0 Å². The van der Waals surface area contributed by atoms with E-state index in [1.807, 2.05) is 6.07 Å². The fourth-order valence-corrected chi connectivity index (χ4v) is 3.02. The van der Waals surface area contributed by atoms with Crippen molar-refractivity contribution in [3.8, 4) is 0 Å². The van der Waals surface area contributed by atoms with Gasteiger partial charge in [0.25, 0.3) is 11.6 Å². The van der Waals surface area contributed by atoms with Crippen molar-refractivity contribution in [3.05, 3.63) is 75.3 Å².